The number of hydrogen-bond donors (Lipinski definition) is 3. The highest BCUT2D eigenvalue weighted by Gasteiger charge is 2.30. The summed E-state index contributed by atoms with van der Waals surface area (Å²) in [5.74, 6) is -0.701. The van der Waals surface area contributed by atoms with Crippen LogP contribution in [-0.2, 0) is 65.4 Å². The fourth-order valence-electron chi connectivity index (χ4n) is 8.82. The smallest absolute Gasteiger partial charge is 0.462 e. The van der Waals surface area contributed by atoms with Gasteiger partial charge in [0.2, 0.25) is 0 Å². The molecular weight excluding hydrogens is 1050 g/mol. The lowest BCUT2D eigenvalue weighted by Gasteiger charge is -2.21. The first kappa shape index (κ1) is 77.1. The van der Waals surface area contributed by atoms with Gasteiger partial charge in [-0.15, -0.1) is 0 Å². The molecule has 2 unspecified atom stereocenters. The Morgan fingerprint density at radius 1 is 0.342 bits per heavy atom. The molecule has 0 radical (unpaired) electrons. The van der Waals surface area contributed by atoms with Gasteiger partial charge in [0.15, 0.2) is 12.2 Å². The number of phosphoric acid groups is 2. The van der Waals surface area contributed by atoms with E-state index in [1.165, 1.54) is 89.9 Å². The number of rotatable bonds is 59. The Hall–Kier alpha value is -1.94. The number of carbonyl (C=O) groups is 4. The number of unbranched alkanes of at least 4 members (excludes halogenated alkanes) is 29. The molecule has 0 rings (SSSR count). The SMILES string of the molecule is CCCCCCCCCCC(=O)OC[C@H](COP(=O)(O)OC[C@H](O)COP(=O)(O)OC[C@@H](COC(=O)CCCCCCCCC(C)C)OC(=O)CCCCCCCCCCCCCC(C)C)OC(=O)CCCCCCCCCC. The number of phosphoric ester groups is 2. The second-order valence-electron chi connectivity index (χ2n) is 22.7. The number of esters is 4. The number of carbonyl (C=O) groups excluding carboxylic acids is 4. The van der Waals surface area contributed by atoms with Crippen molar-refractivity contribution in [2.24, 2.45) is 11.8 Å². The Labute approximate surface area is 479 Å². The van der Waals surface area contributed by atoms with Crippen LogP contribution in [0.15, 0.2) is 0 Å². The normalized spacial score (nSPS) is 14.4. The summed E-state index contributed by atoms with van der Waals surface area (Å²) in [5, 5.41) is 10.5. The molecule has 0 fully saturated rings. The summed E-state index contributed by atoms with van der Waals surface area (Å²) in [6, 6.07) is 0. The highest BCUT2D eigenvalue weighted by Crippen LogP contribution is 2.45. The summed E-state index contributed by atoms with van der Waals surface area (Å²) in [4.78, 5) is 71.8. The molecule has 0 saturated heterocycles. The molecule has 0 amide bonds. The molecule has 0 aliphatic rings. The molecule has 0 aliphatic carbocycles. The number of aliphatic hydroxyl groups excluding tert-OH is 1. The van der Waals surface area contributed by atoms with Crippen molar-refractivity contribution < 1.29 is 80.2 Å². The van der Waals surface area contributed by atoms with Gasteiger partial charge in [-0.2, -0.15) is 0 Å². The van der Waals surface area contributed by atoms with Gasteiger partial charge in [0.1, 0.15) is 19.3 Å². The van der Waals surface area contributed by atoms with Crippen LogP contribution >= 0.6 is 15.6 Å². The van der Waals surface area contributed by atoms with E-state index in [0.717, 1.165) is 115 Å². The molecule has 0 aromatic rings. The van der Waals surface area contributed by atoms with Crippen molar-refractivity contribution in [1.29, 1.82) is 0 Å². The predicted octanol–water partition coefficient (Wildman–Crippen LogP) is 16.1. The molecule has 0 aromatic heterocycles. The lowest BCUT2D eigenvalue weighted by molar-refractivity contribution is -0.161. The maximum atomic E-state index is 12.9. The van der Waals surface area contributed by atoms with E-state index < -0.39 is 97.5 Å². The van der Waals surface area contributed by atoms with Gasteiger partial charge in [-0.05, 0) is 37.5 Å². The molecule has 79 heavy (non-hydrogen) atoms. The van der Waals surface area contributed by atoms with Crippen LogP contribution < -0.4 is 0 Å². The van der Waals surface area contributed by atoms with Crippen LogP contribution in [0, 0.1) is 11.8 Å². The van der Waals surface area contributed by atoms with E-state index in [2.05, 4.69) is 41.5 Å². The molecule has 468 valence electrons. The standard InChI is InChI=1S/C60H116O17P2/c1-7-9-11-13-15-23-30-36-42-57(62)70-48-55(76-59(64)44-38-32-24-16-14-12-10-8-2)50-74-78(66,67)72-46-54(61)47-73-79(68,69)75-51-56(49-71-58(63)43-37-31-27-26-29-35-41-53(5)6)77-60(65)45-39-33-25-21-19-17-18-20-22-28-34-40-52(3)4/h52-56,61H,7-51H2,1-6H3,(H,66,67)(H,68,69)/t54-,55+,56+/m0/s1. The summed E-state index contributed by atoms with van der Waals surface area (Å²) >= 11 is 0. The van der Waals surface area contributed by atoms with E-state index in [9.17, 15) is 43.2 Å². The van der Waals surface area contributed by atoms with Crippen molar-refractivity contribution in [3.05, 3.63) is 0 Å². The van der Waals surface area contributed by atoms with Crippen molar-refractivity contribution in [2.75, 3.05) is 39.6 Å². The Morgan fingerprint density at radius 3 is 0.861 bits per heavy atom. The zero-order chi connectivity index (χ0) is 58.7. The summed E-state index contributed by atoms with van der Waals surface area (Å²) in [6.45, 7) is 9.33. The van der Waals surface area contributed by atoms with Crippen LogP contribution in [0.25, 0.3) is 0 Å². The predicted molar refractivity (Wildman–Crippen MR) is 312 cm³/mol. The maximum Gasteiger partial charge on any atom is 0.472 e. The van der Waals surface area contributed by atoms with Gasteiger partial charge in [-0.1, -0.05) is 241 Å². The lowest BCUT2D eigenvalue weighted by atomic mass is 10.0. The van der Waals surface area contributed by atoms with Crippen molar-refractivity contribution in [1.82, 2.24) is 0 Å². The van der Waals surface area contributed by atoms with Crippen molar-refractivity contribution >= 4 is 39.5 Å². The van der Waals surface area contributed by atoms with Gasteiger partial charge in [-0.3, -0.25) is 37.3 Å². The molecule has 17 nitrogen and oxygen atoms in total. The van der Waals surface area contributed by atoms with Crippen molar-refractivity contribution in [2.45, 2.75) is 310 Å². The molecule has 0 bridgehead atoms. The topological polar surface area (TPSA) is 237 Å². The van der Waals surface area contributed by atoms with Crippen LogP contribution in [0.3, 0.4) is 0 Å². The molecule has 0 saturated carbocycles. The summed E-state index contributed by atoms with van der Waals surface area (Å²) < 4.78 is 67.7. The molecule has 5 atom stereocenters. The minimum Gasteiger partial charge on any atom is -0.462 e. The van der Waals surface area contributed by atoms with E-state index in [-0.39, 0.29) is 25.7 Å². The quantitative estimate of drug-likeness (QED) is 0.0222. The third-order valence-corrected chi connectivity index (χ3v) is 15.6. The average molecular weight is 1170 g/mol. The molecule has 0 aliphatic heterocycles. The molecular formula is C60H116O17P2. The lowest BCUT2D eigenvalue weighted by Crippen LogP contribution is -2.30. The van der Waals surface area contributed by atoms with Crippen LogP contribution in [0.2, 0.25) is 0 Å². The van der Waals surface area contributed by atoms with Crippen molar-refractivity contribution in [3.8, 4) is 0 Å². The van der Waals surface area contributed by atoms with Gasteiger partial charge < -0.3 is 33.8 Å². The first-order chi connectivity index (χ1) is 37.9. The number of aliphatic hydroxyl groups is 1. The fourth-order valence-corrected chi connectivity index (χ4v) is 10.4. The van der Waals surface area contributed by atoms with Crippen LogP contribution in [0.1, 0.15) is 292 Å². The Bertz CT molecular complexity index is 1560. The van der Waals surface area contributed by atoms with E-state index in [0.29, 0.717) is 31.6 Å². The third kappa shape index (κ3) is 55.0. The van der Waals surface area contributed by atoms with Crippen LogP contribution in [-0.4, -0.2) is 96.7 Å². The maximum absolute atomic E-state index is 12.9. The Morgan fingerprint density at radius 2 is 0.582 bits per heavy atom. The second-order valence-corrected chi connectivity index (χ2v) is 25.6. The molecule has 0 spiro atoms. The van der Waals surface area contributed by atoms with Gasteiger partial charge in [0.05, 0.1) is 26.4 Å². The molecule has 0 heterocycles. The van der Waals surface area contributed by atoms with E-state index in [1.807, 2.05) is 0 Å². The summed E-state index contributed by atoms with van der Waals surface area (Å²) in [5.41, 5.74) is 0. The minimum absolute atomic E-state index is 0.104. The minimum atomic E-state index is -4.94. The average Bonchev–Trinajstić information content (AvgIpc) is 3.40. The summed E-state index contributed by atoms with van der Waals surface area (Å²) in [6.07, 6.45) is 33.7. The van der Waals surface area contributed by atoms with Crippen LogP contribution in [0.5, 0.6) is 0 Å². The first-order valence-corrected chi connectivity index (χ1v) is 34.5. The second kappa shape index (κ2) is 52.8. The van der Waals surface area contributed by atoms with Gasteiger partial charge in [0.25, 0.3) is 0 Å². The zero-order valence-corrected chi connectivity index (χ0v) is 52.4. The summed E-state index contributed by atoms with van der Waals surface area (Å²) in [7, 11) is -9.87. The van der Waals surface area contributed by atoms with E-state index in [4.69, 9.17) is 37.0 Å². The highest BCUT2D eigenvalue weighted by atomic mass is 31.2. The van der Waals surface area contributed by atoms with E-state index in [1.54, 1.807) is 0 Å². The molecule has 0 aromatic carbocycles. The zero-order valence-electron chi connectivity index (χ0n) is 50.7. The number of hydrogen-bond acceptors (Lipinski definition) is 15. The number of ether oxygens (including phenoxy) is 4. The first-order valence-electron chi connectivity index (χ1n) is 31.5. The van der Waals surface area contributed by atoms with Gasteiger partial charge in [-0.25, -0.2) is 9.13 Å². The largest absolute Gasteiger partial charge is 0.472 e. The van der Waals surface area contributed by atoms with Gasteiger partial charge >= 0.3 is 39.5 Å². The monoisotopic (exact) mass is 1170 g/mol. The van der Waals surface area contributed by atoms with Gasteiger partial charge in [0, 0.05) is 25.7 Å². The highest BCUT2D eigenvalue weighted by molar-refractivity contribution is 7.47. The fraction of sp³-hybridized carbons (Fsp3) is 0.933. The third-order valence-electron chi connectivity index (χ3n) is 13.7. The Balaban J connectivity index is 5.20. The van der Waals surface area contributed by atoms with Crippen molar-refractivity contribution in [3.63, 3.8) is 0 Å². The molecule has 19 heteroatoms. The van der Waals surface area contributed by atoms with E-state index >= 15 is 0 Å². The Kier molecular flexibility index (Phi) is 51.5. The molecule has 3 N–H and O–H groups in total. The van der Waals surface area contributed by atoms with Crippen LogP contribution in [0.4, 0.5) is 0 Å².